The van der Waals surface area contributed by atoms with E-state index in [-0.39, 0.29) is 17.6 Å². The van der Waals surface area contributed by atoms with Gasteiger partial charge in [-0.1, -0.05) is 19.1 Å². The number of anilines is 1. The zero-order valence-corrected chi connectivity index (χ0v) is 11.2. The first-order chi connectivity index (χ1) is 9.69. The van der Waals surface area contributed by atoms with Crippen molar-refractivity contribution in [3.63, 3.8) is 0 Å². The van der Waals surface area contributed by atoms with Gasteiger partial charge in [0.05, 0.1) is 6.26 Å². The number of benzene rings is 1. The Morgan fingerprint density at radius 1 is 1.20 bits per heavy atom. The van der Waals surface area contributed by atoms with Gasteiger partial charge in [0.2, 0.25) is 5.91 Å². The fourth-order valence-electron chi connectivity index (χ4n) is 1.69. The molecule has 0 unspecified atom stereocenters. The second-order valence-corrected chi connectivity index (χ2v) is 4.26. The average molecular weight is 272 g/mol. The lowest BCUT2D eigenvalue weighted by atomic mass is 10.2. The summed E-state index contributed by atoms with van der Waals surface area (Å²) in [4.78, 5) is 23.0. The molecular formula is C15H16N2O3. The van der Waals surface area contributed by atoms with E-state index in [2.05, 4.69) is 10.6 Å². The van der Waals surface area contributed by atoms with Gasteiger partial charge in [0.15, 0.2) is 5.76 Å². The van der Waals surface area contributed by atoms with Crippen molar-refractivity contribution < 1.29 is 14.0 Å². The SMILES string of the molecule is CCC(=O)NCc1cccc(NC(=O)c2ccco2)c1. The predicted octanol–water partition coefficient (Wildman–Crippen LogP) is 2.56. The molecule has 0 saturated heterocycles. The topological polar surface area (TPSA) is 71.3 Å². The fraction of sp³-hybridized carbons (Fsp3) is 0.200. The third-order valence-corrected chi connectivity index (χ3v) is 2.74. The van der Waals surface area contributed by atoms with Crippen LogP contribution >= 0.6 is 0 Å². The largest absolute Gasteiger partial charge is 0.459 e. The van der Waals surface area contributed by atoms with Gasteiger partial charge >= 0.3 is 0 Å². The first-order valence-corrected chi connectivity index (χ1v) is 6.39. The number of hydrogen-bond donors (Lipinski definition) is 2. The van der Waals surface area contributed by atoms with Crippen molar-refractivity contribution in [1.29, 1.82) is 0 Å². The van der Waals surface area contributed by atoms with E-state index in [1.165, 1.54) is 6.26 Å². The Labute approximate surface area is 117 Å². The summed E-state index contributed by atoms with van der Waals surface area (Å²) in [5.74, 6) is -0.0468. The van der Waals surface area contributed by atoms with Crippen molar-refractivity contribution in [2.45, 2.75) is 19.9 Å². The summed E-state index contributed by atoms with van der Waals surface area (Å²) in [5, 5.41) is 5.53. The highest BCUT2D eigenvalue weighted by Gasteiger charge is 2.08. The number of furan rings is 1. The molecule has 2 aromatic rings. The molecule has 0 fully saturated rings. The fourth-order valence-corrected chi connectivity index (χ4v) is 1.69. The molecule has 0 radical (unpaired) electrons. The molecule has 0 aliphatic carbocycles. The summed E-state index contributed by atoms with van der Waals surface area (Å²) in [5.41, 5.74) is 1.58. The van der Waals surface area contributed by atoms with Gasteiger partial charge in [-0.2, -0.15) is 0 Å². The van der Waals surface area contributed by atoms with E-state index in [0.717, 1.165) is 5.56 Å². The van der Waals surface area contributed by atoms with Crippen molar-refractivity contribution in [2.24, 2.45) is 0 Å². The van der Waals surface area contributed by atoms with Crippen LogP contribution in [0.4, 0.5) is 5.69 Å². The lowest BCUT2D eigenvalue weighted by molar-refractivity contribution is -0.120. The summed E-state index contributed by atoms with van der Waals surface area (Å²) in [7, 11) is 0. The van der Waals surface area contributed by atoms with E-state index in [9.17, 15) is 9.59 Å². The molecular weight excluding hydrogens is 256 g/mol. The summed E-state index contributed by atoms with van der Waals surface area (Å²) in [6, 6.07) is 10.6. The van der Waals surface area contributed by atoms with E-state index in [0.29, 0.717) is 18.7 Å². The van der Waals surface area contributed by atoms with E-state index < -0.39 is 0 Å². The molecule has 0 spiro atoms. The van der Waals surface area contributed by atoms with Crippen molar-refractivity contribution in [3.05, 3.63) is 54.0 Å². The molecule has 0 bridgehead atoms. The molecule has 1 heterocycles. The molecule has 2 amide bonds. The van der Waals surface area contributed by atoms with Gasteiger partial charge in [-0.15, -0.1) is 0 Å². The maximum Gasteiger partial charge on any atom is 0.291 e. The Morgan fingerprint density at radius 3 is 2.75 bits per heavy atom. The van der Waals surface area contributed by atoms with Gasteiger partial charge in [0.25, 0.3) is 5.91 Å². The van der Waals surface area contributed by atoms with Crippen molar-refractivity contribution in [3.8, 4) is 0 Å². The highest BCUT2D eigenvalue weighted by atomic mass is 16.3. The van der Waals surface area contributed by atoms with Crippen LogP contribution in [-0.4, -0.2) is 11.8 Å². The van der Waals surface area contributed by atoms with Crippen LogP contribution in [0.15, 0.2) is 47.1 Å². The van der Waals surface area contributed by atoms with E-state index in [1.54, 1.807) is 25.1 Å². The second-order valence-electron chi connectivity index (χ2n) is 4.26. The Balaban J connectivity index is 1.99. The summed E-state index contributed by atoms with van der Waals surface area (Å²) >= 11 is 0. The molecule has 20 heavy (non-hydrogen) atoms. The lowest BCUT2D eigenvalue weighted by Gasteiger charge is -2.07. The van der Waals surface area contributed by atoms with Crippen LogP contribution < -0.4 is 10.6 Å². The standard InChI is InChI=1S/C15H16N2O3/c1-2-14(18)16-10-11-5-3-6-12(9-11)17-15(19)13-7-4-8-20-13/h3-9H,2,10H2,1H3,(H,16,18)(H,17,19). The minimum atomic E-state index is -0.301. The normalized spacial score (nSPS) is 10.1. The minimum absolute atomic E-state index is 0.00461. The highest BCUT2D eigenvalue weighted by Crippen LogP contribution is 2.12. The maximum absolute atomic E-state index is 11.8. The van der Waals surface area contributed by atoms with Crippen molar-refractivity contribution in [2.75, 3.05) is 5.32 Å². The number of carbonyl (C=O) groups is 2. The number of hydrogen-bond acceptors (Lipinski definition) is 3. The van der Waals surface area contributed by atoms with E-state index in [1.807, 2.05) is 18.2 Å². The van der Waals surface area contributed by atoms with Crippen LogP contribution in [0.2, 0.25) is 0 Å². The molecule has 0 saturated carbocycles. The first kappa shape index (κ1) is 13.9. The first-order valence-electron chi connectivity index (χ1n) is 6.39. The smallest absolute Gasteiger partial charge is 0.291 e. The van der Waals surface area contributed by atoms with Crippen LogP contribution in [-0.2, 0) is 11.3 Å². The Hall–Kier alpha value is -2.56. The lowest BCUT2D eigenvalue weighted by Crippen LogP contribution is -2.21. The van der Waals surface area contributed by atoms with Crippen molar-refractivity contribution in [1.82, 2.24) is 5.32 Å². The molecule has 5 nitrogen and oxygen atoms in total. The van der Waals surface area contributed by atoms with Crippen LogP contribution in [0.1, 0.15) is 29.5 Å². The van der Waals surface area contributed by atoms with Crippen LogP contribution in [0.3, 0.4) is 0 Å². The third-order valence-electron chi connectivity index (χ3n) is 2.74. The predicted molar refractivity (Wildman–Crippen MR) is 75.2 cm³/mol. The molecule has 1 aromatic carbocycles. The number of rotatable bonds is 5. The molecule has 0 aliphatic rings. The molecule has 104 valence electrons. The summed E-state index contributed by atoms with van der Waals surface area (Å²) in [6.45, 7) is 2.24. The average Bonchev–Trinajstić information content (AvgIpc) is 2.99. The van der Waals surface area contributed by atoms with Crippen LogP contribution in [0.25, 0.3) is 0 Å². The molecule has 1 aromatic heterocycles. The van der Waals surface area contributed by atoms with Gasteiger partial charge in [-0.3, -0.25) is 9.59 Å². The quantitative estimate of drug-likeness (QED) is 0.878. The monoisotopic (exact) mass is 272 g/mol. The molecule has 0 aliphatic heterocycles. The maximum atomic E-state index is 11.8. The highest BCUT2D eigenvalue weighted by molar-refractivity contribution is 6.02. The zero-order chi connectivity index (χ0) is 14.4. The van der Waals surface area contributed by atoms with E-state index >= 15 is 0 Å². The third kappa shape index (κ3) is 3.71. The minimum Gasteiger partial charge on any atom is -0.459 e. The number of nitrogens with one attached hydrogen (secondary N) is 2. The van der Waals surface area contributed by atoms with E-state index in [4.69, 9.17) is 4.42 Å². The van der Waals surface area contributed by atoms with Gasteiger partial charge in [-0.05, 0) is 29.8 Å². The Kier molecular flexibility index (Phi) is 4.55. The number of amides is 2. The van der Waals surface area contributed by atoms with Crippen molar-refractivity contribution >= 4 is 17.5 Å². The van der Waals surface area contributed by atoms with Gasteiger partial charge in [0, 0.05) is 18.7 Å². The second kappa shape index (κ2) is 6.56. The molecule has 2 N–H and O–H groups in total. The summed E-state index contributed by atoms with van der Waals surface area (Å²) in [6.07, 6.45) is 1.90. The van der Waals surface area contributed by atoms with Gasteiger partial charge < -0.3 is 15.1 Å². The summed E-state index contributed by atoms with van der Waals surface area (Å²) < 4.78 is 5.02. The Morgan fingerprint density at radius 2 is 2.05 bits per heavy atom. The van der Waals surface area contributed by atoms with Crippen LogP contribution in [0, 0.1) is 0 Å². The Bertz CT molecular complexity index is 591. The van der Waals surface area contributed by atoms with Gasteiger partial charge in [0.1, 0.15) is 0 Å². The zero-order valence-electron chi connectivity index (χ0n) is 11.2. The molecule has 2 rings (SSSR count). The molecule has 5 heteroatoms. The number of carbonyl (C=O) groups excluding carboxylic acids is 2. The van der Waals surface area contributed by atoms with Crippen LogP contribution in [0.5, 0.6) is 0 Å². The van der Waals surface area contributed by atoms with Gasteiger partial charge in [-0.25, -0.2) is 0 Å². The molecule has 0 atom stereocenters.